The lowest BCUT2D eigenvalue weighted by molar-refractivity contribution is 0.195. The third kappa shape index (κ3) is 2.68. The Morgan fingerprint density at radius 3 is 3.00 bits per heavy atom. The number of aromatic nitrogens is 2. The Bertz CT molecular complexity index is 564. The van der Waals surface area contributed by atoms with Crippen LogP contribution in [0.2, 0.25) is 0 Å². The number of hydrogen-bond acceptors (Lipinski definition) is 4. The van der Waals surface area contributed by atoms with Gasteiger partial charge < -0.3 is 10.1 Å². The van der Waals surface area contributed by atoms with Gasteiger partial charge in [0.15, 0.2) is 0 Å². The van der Waals surface area contributed by atoms with Crippen molar-refractivity contribution in [1.82, 2.24) is 9.97 Å². The molecule has 1 aromatic carbocycles. The first kappa shape index (κ1) is 12.4. The average Bonchev–Trinajstić information content (AvgIpc) is 2.92. The first-order valence-electron chi connectivity index (χ1n) is 6.96. The molecule has 19 heavy (non-hydrogen) atoms. The fourth-order valence-electron chi connectivity index (χ4n) is 2.41. The molecule has 2 aromatic rings. The molecule has 3 rings (SSSR count). The van der Waals surface area contributed by atoms with Gasteiger partial charge in [-0.3, -0.25) is 0 Å². The second kappa shape index (κ2) is 5.53. The lowest BCUT2D eigenvalue weighted by Gasteiger charge is -2.14. The van der Waals surface area contributed by atoms with E-state index in [0.29, 0.717) is 6.04 Å². The normalized spacial score (nSPS) is 18.9. The van der Waals surface area contributed by atoms with E-state index in [2.05, 4.69) is 28.3 Å². The summed E-state index contributed by atoms with van der Waals surface area (Å²) in [6.45, 7) is 3.75. The van der Waals surface area contributed by atoms with Crippen molar-refractivity contribution in [2.75, 3.05) is 18.5 Å². The van der Waals surface area contributed by atoms with Crippen LogP contribution < -0.4 is 5.32 Å². The van der Waals surface area contributed by atoms with E-state index in [-0.39, 0.29) is 0 Å². The summed E-state index contributed by atoms with van der Waals surface area (Å²) < 4.78 is 5.41. The lowest BCUT2D eigenvalue weighted by Crippen LogP contribution is -2.20. The van der Waals surface area contributed by atoms with Gasteiger partial charge in [0.2, 0.25) is 0 Å². The van der Waals surface area contributed by atoms with Crippen LogP contribution in [0.1, 0.15) is 25.6 Å². The molecule has 1 unspecified atom stereocenters. The minimum absolute atomic E-state index is 0.368. The second-order valence-corrected chi connectivity index (χ2v) is 4.96. The zero-order chi connectivity index (χ0) is 13.1. The quantitative estimate of drug-likeness (QED) is 0.915. The van der Waals surface area contributed by atoms with E-state index < -0.39 is 0 Å². The van der Waals surface area contributed by atoms with Gasteiger partial charge in [-0.05, 0) is 25.0 Å². The van der Waals surface area contributed by atoms with E-state index in [1.807, 2.05) is 18.2 Å². The predicted molar refractivity (Wildman–Crippen MR) is 76.4 cm³/mol. The van der Waals surface area contributed by atoms with E-state index in [9.17, 15) is 0 Å². The Hall–Kier alpha value is -1.68. The van der Waals surface area contributed by atoms with Crippen LogP contribution in [-0.2, 0) is 11.2 Å². The standard InChI is InChI=1S/C15H19N3O/c1-2-5-14-17-13-7-4-3-6-12(13)15(18-14)16-11-8-9-19-10-11/h3-4,6-7,11H,2,5,8-10H2,1H3,(H,16,17,18). The highest BCUT2D eigenvalue weighted by atomic mass is 16.5. The van der Waals surface area contributed by atoms with E-state index >= 15 is 0 Å². The van der Waals surface area contributed by atoms with Crippen LogP contribution in [0.25, 0.3) is 10.9 Å². The van der Waals surface area contributed by atoms with Crippen LogP contribution in [0.4, 0.5) is 5.82 Å². The zero-order valence-corrected chi connectivity index (χ0v) is 11.2. The van der Waals surface area contributed by atoms with Crippen molar-refractivity contribution in [3.63, 3.8) is 0 Å². The molecule has 0 radical (unpaired) electrons. The maximum absolute atomic E-state index is 5.41. The van der Waals surface area contributed by atoms with Crippen LogP contribution in [0.3, 0.4) is 0 Å². The maximum atomic E-state index is 5.41. The van der Waals surface area contributed by atoms with Crippen molar-refractivity contribution in [1.29, 1.82) is 0 Å². The Balaban J connectivity index is 1.98. The smallest absolute Gasteiger partial charge is 0.137 e. The molecule has 0 aliphatic carbocycles. The number of ether oxygens (including phenoxy) is 1. The Morgan fingerprint density at radius 1 is 1.32 bits per heavy atom. The number of para-hydroxylation sites is 1. The van der Waals surface area contributed by atoms with Gasteiger partial charge in [0.05, 0.1) is 18.2 Å². The summed E-state index contributed by atoms with van der Waals surface area (Å²) in [5.74, 6) is 1.87. The predicted octanol–water partition coefficient (Wildman–Crippen LogP) is 2.78. The highest BCUT2D eigenvalue weighted by Gasteiger charge is 2.17. The molecule has 100 valence electrons. The Morgan fingerprint density at radius 2 is 2.21 bits per heavy atom. The van der Waals surface area contributed by atoms with E-state index in [4.69, 9.17) is 4.74 Å². The van der Waals surface area contributed by atoms with Gasteiger partial charge in [-0.2, -0.15) is 0 Å². The summed E-state index contributed by atoms with van der Waals surface area (Å²) in [6, 6.07) is 8.54. The van der Waals surface area contributed by atoms with Gasteiger partial charge in [0, 0.05) is 18.4 Å². The average molecular weight is 257 g/mol. The number of hydrogen-bond donors (Lipinski definition) is 1. The molecule has 2 heterocycles. The van der Waals surface area contributed by atoms with Gasteiger partial charge in [-0.1, -0.05) is 19.1 Å². The number of aryl methyl sites for hydroxylation is 1. The summed E-state index contributed by atoms with van der Waals surface area (Å²) in [4.78, 5) is 9.29. The molecule has 4 heteroatoms. The van der Waals surface area contributed by atoms with Crippen LogP contribution in [0.5, 0.6) is 0 Å². The summed E-state index contributed by atoms with van der Waals surface area (Å²) in [5, 5.41) is 4.60. The van der Waals surface area contributed by atoms with Crippen molar-refractivity contribution < 1.29 is 4.74 Å². The lowest BCUT2D eigenvalue weighted by atomic mass is 10.2. The van der Waals surface area contributed by atoms with E-state index in [0.717, 1.165) is 55.0 Å². The molecule has 0 amide bonds. The van der Waals surface area contributed by atoms with Crippen molar-refractivity contribution >= 4 is 16.7 Å². The van der Waals surface area contributed by atoms with Crippen molar-refractivity contribution in [2.45, 2.75) is 32.2 Å². The highest BCUT2D eigenvalue weighted by molar-refractivity contribution is 5.89. The number of benzene rings is 1. The molecule has 1 atom stereocenters. The number of rotatable bonds is 4. The van der Waals surface area contributed by atoms with Crippen molar-refractivity contribution in [2.24, 2.45) is 0 Å². The summed E-state index contributed by atoms with van der Waals surface area (Å²) in [6.07, 6.45) is 3.02. The van der Waals surface area contributed by atoms with Crippen molar-refractivity contribution in [3.8, 4) is 0 Å². The van der Waals surface area contributed by atoms with Crippen molar-refractivity contribution in [3.05, 3.63) is 30.1 Å². The molecule has 1 aliphatic heterocycles. The first-order chi connectivity index (χ1) is 9.36. The third-order valence-electron chi connectivity index (χ3n) is 3.39. The summed E-state index contributed by atoms with van der Waals surface area (Å²) >= 11 is 0. The molecule has 4 nitrogen and oxygen atoms in total. The van der Waals surface area contributed by atoms with Crippen LogP contribution in [0.15, 0.2) is 24.3 Å². The summed E-state index contributed by atoms with van der Waals surface area (Å²) in [5.41, 5.74) is 1.02. The molecule has 1 aliphatic rings. The zero-order valence-electron chi connectivity index (χ0n) is 11.2. The van der Waals surface area contributed by atoms with Crippen LogP contribution >= 0.6 is 0 Å². The van der Waals surface area contributed by atoms with E-state index in [1.54, 1.807) is 0 Å². The summed E-state index contributed by atoms with van der Waals surface area (Å²) in [7, 11) is 0. The Kier molecular flexibility index (Phi) is 3.60. The van der Waals surface area contributed by atoms with Gasteiger partial charge in [0.1, 0.15) is 11.6 Å². The number of nitrogens with zero attached hydrogens (tertiary/aromatic N) is 2. The number of nitrogens with one attached hydrogen (secondary N) is 1. The molecular weight excluding hydrogens is 238 g/mol. The molecule has 1 aromatic heterocycles. The molecule has 1 saturated heterocycles. The maximum Gasteiger partial charge on any atom is 0.137 e. The molecule has 1 fully saturated rings. The SMILES string of the molecule is CCCc1nc(NC2CCOC2)c2ccccc2n1. The van der Waals surface area contributed by atoms with Gasteiger partial charge in [-0.25, -0.2) is 9.97 Å². The minimum Gasteiger partial charge on any atom is -0.379 e. The highest BCUT2D eigenvalue weighted by Crippen LogP contribution is 2.22. The molecule has 0 bridgehead atoms. The van der Waals surface area contributed by atoms with Gasteiger partial charge in [0.25, 0.3) is 0 Å². The van der Waals surface area contributed by atoms with Crippen LogP contribution in [-0.4, -0.2) is 29.2 Å². The van der Waals surface area contributed by atoms with E-state index in [1.165, 1.54) is 0 Å². The number of fused-ring (bicyclic) bond motifs is 1. The second-order valence-electron chi connectivity index (χ2n) is 4.96. The molecule has 1 N–H and O–H groups in total. The fourth-order valence-corrected chi connectivity index (χ4v) is 2.41. The van der Waals surface area contributed by atoms with Gasteiger partial charge >= 0.3 is 0 Å². The first-order valence-corrected chi connectivity index (χ1v) is 6.96. The molecular formula is C15H19N3O. The minimum atomic E-state index is 0.368. The van der Waals surface area contributed by atoms with Crippen LogP contribution in [0, 0.1) is 0 Å². The fraction of sp³-hybridized carbons (Fsp3) is 0.467. The molecule has 0 saturated carbocycles. The topological polar surface area (TPSA) is 47.0 Å². The Labute approximate surface area is 113 Å². The van der Waals surface area contributed by atoms with Gasteiger partial charge in [-0.15, -0.1) is 0 Å². The molecule has 0 spiro atoms. The largest absolute Gasteiger partial charge is 0.379 e. The monoisotopic (exact) mass is 257 g/mol. The number of anilines is 1. The third-order valence-corrected chi connectivity index (χ3v) is 3.39.